The van der Waals surface area contributed by atoms with Crippen LogP contribution in [0.3, 0.4) is 0 Å². The molecule has 0 aromatic rings. The van der Waals surface area contributed by atoms with Gasteiger partial charge in [0.15, 0.2) is 0 Å². The number of carbonyl (C=O) groups excluding carboxylic acids is 1. The predicted molar refractivity (Wildman–Crippen MR) is 121 cm³/mol. The Bertz CT molecular complexity index is 444. The molecule has 7 heteroatoms. The van der Waals surface area contributed by atoms with E-state index in [1.165, 1.54) is 83.5 Å². The molecule has 0 aromatic heterocycles. The first kappa shape index (κ1) is 30.6. The molecule has 0 aliphatic rings. The third-order valence-electron chi connectivity index (χ3n) is 4.94. The number of amides is 1. The van der Waals surface area contributed by atoms with E-state index in [-0.39, 0.29) is 47.8 Å². The van der Waals surface area contributed by atoms with Gasteiger partial charge in [0.1, 0.15) is 0 Å². The maximum absolute atomic E-state index is 11.6. The number of rotatable bonds is 20. The van der Waals surface area contributed by atoms with Gasteiger partial charge in [0.2, 0.25) is 5.91 Å². The summed E-state index contributed by atoms with van der Waals surface area (Å²) in [5, 5.41) is 2.62. The number of nitrogens with one attached hydrogen (secondary N) is 1. The molecule has 0 aliphatic carbocycles. The van der Waals surface area contributed by atoms with E-state index < -0.39 is 10.1 Å². The summed E-state index contributed by atoms with van der Waals surface area (Å²) in [5.41, 5.74) is 0. The van der Waals surface area contributed by atoms with Gasteiger partial charge in [0.05, 0.1) is 12.9 Å². The Labute approximate surface area is 196 Å². The van der Waals surface area contributed by atoms with Crippen molar-refractivity contribution >= 4 is 45.6 Å². The molecule has 0 unspecified atom stereocenters. The van der Waals surface area contributed by atoms with E-state index in [9.17, 15) is 13.2 Å². The molecule has 164 valence electrons. The van der Waals surface area contributed by atoms with Gasteiger partial charge in [-0.1, -0.05) is 96.8 Å². The molecule has 0 radical (unpaired) electrons. The van der Waals surface area contributed by atoms with Gasteiger partial charge in [-0.3, -0.25) is 8.98 Å². The van der Waals surface area contributed by atoms with Crippen LogP contribution in [0.2, 0.25) is 0 Å². The summed E-state index contributed by atoms with van der Waals surface area (Å²) in [6.07, 6.45) is 20.0. The quantitative estimate of drug-likeness (QED) is 0.173. The van der Waals surface area contributed by atoms with E-state index in [1.54, 1.807) is 0 Å². The van der Waals surface area contributed by atoms with Crippen molar-refractivity contribution in [2.24, 2.45) is 0 Å². The minimum absolute atomic E-state index is 0. The fraction of sp³-hybridized carbons (Fsp3) is 0.952. The second kappa shape index (κ2) is 22.1. The zero-order chi connectivity index (χ0) is 20.2. The number of hydrogen-bond acceptors (Lipinski definition) is 4. The van der Waals surface area contributed by atoms with Crippen molar-refractivity contribution < 1.29 is 17.4 Å². The van der Waals surface area contributed by atoms with Crippen LogP contribution in [0.5, 0.6) is 0 Å². The van der Waals surface area contributed by atoms with Crippen LogP contribution < -0.4 is 5.32 Å². The predicted octanol–water partition coefficient (Wildman–Crippen LogP) is 4.69. The van der Waals surface area contributed by atoms with E-state index in [1.807, 2.05) is 0 Å². The second-order valence-corrected chi connectivity index (χ2v) is 9.34. The monoisotopic (exact) mass is 429 g/mol. The fourth-order valence-corrected chi connectivity index (χ4v) is 3.66. The molecule has 0 rings (SSSR count). The Morgan fingerprint density at radius 2 is 1.14 bits per heavy atom. The summed E-state index contributed by atoms with van der Waals surface area (Å²) in [7, 11) is -2.35. The van der Waals surface area contributed by atoms with E-state index in [0.717, 1.165) is 20.0 Å². The van der Waals surface area contributed by atoms with Gasteiger partial charge in [-0.05, 0) is 6.42 Å². The summed E-state index contributed by atoms with van der Waals surface area (Å²) in [6, 6.07) is 0. The van der Waals surface area contributed by atoms with Crippen LogP contribution in [-0.4, -0.2) is 63.3 Å². The van der Waals surface area contributed by atoms with Crippen LogP contribution in [0.15, 0.2) is 0 Å². The van der Waals surface area contributed by atoms with E-state index in [4.69, 9.17) is 0 Å². The first-order valence-corrected chi connectivity index (χ1v) is 12.6. The van der Waals surface area contributed by atoms with Crippen LogP contribution >= 0.6 is 0 Å². The number of unbranched alkanes of at least 4 members (excludes halogenated alkanes) is 14. The molecule has 1 amide bonds. The summed E-state index contributed by atoms with van der Waals surface area (Å²) >= 11 is 0. The summed E-state index contributed by atoms with van der Waals surface area (Å²) < 4.78 is 26.6. The van der Waals surface area contributed by atoms with Gasteiger partial charge < -0.3 is 5.32 Å². The molecule has 28 heavy (non-hydrogen) atoms. The van der Waals surface area contributed by atoms with Crippen molar-refractivity contribution in [3.63, 3.8) is 0 Å². The first-order valence-electron chi connectivity index (χ1n) is 11.1. The number of carbonyl (C=O) groups is 1. The SMILES string of the molecule is CCCCCCCCCCCCCCCCCC(=O)NCCS(=O)(=O)OC.[NaH]. The molecule has 5 nitrogen and oxygen atoms in total. The number of hydrogen-bond donors (Lipinski definition) is 1. The van der Waals surface area contributed by atoms with Crippen LogP contribution in [0, 0.1) is 0 Å². The van der Waals surface area contributed by atoms with Gasteiger partial charge in [-0.25, -0.2) is 0 Å². The Balaban J connectivity index is 0. The molecule has 0 saturated heterocycles. The van der Waals surface area contributed by atoms with Crippen molar-refractivity contribution in [3.05, 3.63) is 0 Å². The Hall–Kier alpha value is 0.380. The Morgan fingerprint density at radius 3 is 1.54 bits per heavy atom. The fourth-order valence-electron chi connectivity index (χ4n) is 3.14. The third kappa shape index (κ3) is 22.7. The first-order chi connectivity index (χ1) is 13.0. The molecule has 0 heterocycles. The molecule has 0 aliphatic heterocycles. The van der Waals surface area contributed by atoms with Crippen LogP contribution in [0.4, 0.5) is 0 Å². The summed E-state index contributed by atoms with van der Waals surface area (Å²) in [4.78, 5) is 11.6. The van der Waals surface area contributed by atoms with Crippen molar-refractivity contribution in [1.82, 2.24) is 5.32 Å². The topological polar surface area (TPSA) is 72.5 Å². The van der Waals surface area contributed by atoms with Crippen LogP contribution in [0.1, 0.15) is 110 Å². The standard InChI is InChI=1S/C21H43NO4S.Na.H/c1-3-4-5-6-7-8-9-10-11-12-13-14-15-16-17-18-21(23)22-19-20-27(24,25)26-2;;/h3-20H2,1-2H3,(H,22,23);;. The average Bonchev–Trinajstić information content (AvgIpc) is 2.64. The Kier molecular flexibility index (Phi) is 24.1. The van der Waals surface area contributed by atoms with E-state index in [0.29, 0.717) is 6.42 Å². The summed E-state index contributed by atoms with van der Waals surface area (Å²) in [5.74, 6) is -0.246. The molecule has 0 bridgehead atoms. The zero-order valence-electron chi connectivity index (χ0n) is 17.8. The molecular formula is C21H44NNaO4S. The van der Waals surface area contributed by atoms with Crippen molar-refractivity contribution in [1.29, 1.82) is 0 Å². The maximum atomic E-state index is 11.6. The molecule has 1 N–H and O–H groups in total. The van der Waals surface area contributed by atoms with Gasteiger partial charge in [0.25, 0.3) is 10.1 Å². The molecule has 0 fully saturated rings. The summed E-state index contributed by atoms with van der Waals surface area (Å²) in [6.45, 7) is 2.38. The zero-order valence-corrected chi connectivity index (χ0v) is 18.6. The molecular weight excluding hydrogens is 385 g/mol. The molecule has 0 spiro atoms. The van der Waals surface area contributed by atoms with Crippen molar-refractivity contribution in [2.45, 2.75) is 110 Å². The van der Waals surface area contributed by atoms with Crippen molar-refractivity contribution in [3.8, 4) is 0 Å². The average molecular weight is 430 g/mol. The van der Waals surface area contributed by atoms with Crippen LogP contribution in [-0.2, 0) is 19.1 Å². The minimum atomic E-state index is -3.48. The van der Waals surface area contributed by atoms with Gasteiger partial charge in [-0.15, -0.1) is 0 Å². The third-order valence-corrected chi connectivity index (χ3v) is 6.15. The van der Waals surface area contributed by atoms with Gasteiger partial charge >= 0.3 is 29.6 Å². The normalized spacial score (nSPS) is 11.2. The molecule has 0 saturated carbocycles. The van der Waals surface area contributed by atoms with E-state index >= 15 is 0 Å². The van der Waals surface area contributed by atoms with Crippen molar-refractivity contribution in [2.75, 3.05) is 19.4 Å². The Morgan fingerprint density at radius 1 is 0.750 bits per heavy atom. The molecule has 0 aromatic carbocycles. The van der Waals surface area contributed by atoms with E-state index in [2.05, 4.69) is 16.4 Å². The second-order valence-electron chi connectivity index (χ2n) is 7.48. The van der Waals surface area contributed by atoms with Crippen LogP contribution in [0.25, 0.3) is 0 Å². The van der Waals surface area contributed by atoms with Gasteiger partial charge in [-0.2, -0.15) is 8.42 Å². The van der Waals surface area contributed by atoms with Gasteiger partial charge in [0, 0.05) is 13.0 Å². The molecule has 0 atom stereocenters.